The van der Waals surface area contributed by atoms with E-state index in [1.165, 1.54) is 0 Å². The van der Waals surface area contributed by atoms with Gasteiger partial charge in [0.15, 0.2) is 0 Å². The molecule has 22 heavy (non-hydrogen) atoms. The number of methoxy groups -OCH3 is 1. The lowest BCUT2D eigenvalue weighted by molar-refractivity contribution is 0.405. The molecule has 118 valence electrons. The van der Waals surface area contributed by atoms with Gasteiger partial charge < -0.3 is 4.74 Å². The maximum atomic E-state index is 12.4. The minimum Gasteiger partial charge on any atom is -0.496 e. The highest BCUT2D eigenvalue weighted by Gasteiger charge is 2.20. The number of sulfonamides is 1. The Morgan fingerprint density at radius 2 is 1.77 bits per heavy atom. The summed E-state index contributed by atoms with van der Waals surface area (Å²) >= 11 is 3.29. The SMILES string of the molecule is COc1ccc(C)cc1C(C)NS(=O)(=O)c1ccc(Br)cc1. The third kappa shape index (κ3) is 3.88. The fraction of sp³-hybridized carbons (Fsp3) is 0.250. The molecule has 0 spiro atoms. The Labute approximate surface area is 139 Å². The molecule has 1 N–H and O–H groups in total. The molecule has 0 amide bonds. The van der Waals surface area contributed by atoms with E-state index >= 15 is 0 Å². The topological polar surface area (TPSA) is 55.4 Å². The molecule has 6 heteroatoms. The molecular weight excluding hydrogens is 366 g/mol. The van der Waals surface area contributed by atoms with Gasteiger partial charge >= 0.3 is 0 Å². The summed E-state index contributed by atoms with van der Waals surface area (Å²) < 4.78 is 33.7. The van der Waals surface area contributed by atoms with Gasteiger partial charge in [-0.05, 0) is 44.2 Å². The summed E-state index contributed by atoms with van der Waals surface area (Å²) in [5, 5.41) is 0. The van der Waals surface area contributed by atoms with Gasteiger partial charge in [0.25, 0.3) is 0 Å². The van der Waals surface area contributed by atoms with Crippen LogP contribution in [0.1, 0.15) is 24.1 Å². The zero-order valence-corrected chi connectivity index (χ0v) is 15.0. The summed E-state index contributed by atoms with van der Waals surface area (Å²) in [5.41, 5.74) is 1.86. The number of hydrogen-bond acceptors (Lipinski definition) is 3. The molecule has 0 aliphatic heterocycles. The minimum atomic E-state index is -3.59. The van der Waals surface area contributed by atoms with Crippen LogP contribution in [0.15, 0.2) is 51.8 Å². The monoisotopic (exact) mass is 383 g/mol. The molecule has 0 heterocycles. The van der Waals surface area contributed by atoms with Crippen LogP contribution in [-0.2, 0) is 10.0 Å². The Hall–Kier alpha value is -1.37. The maximum absolute atomic E-state index is 12.4. The fourth-order valence-corrected chi connectivity index (χ4v) is 3.66. The lowest BCUT2D eigenvalue weighted by Crippen LogP contribution is -2.27. The molecule has 0 saturated carbocycles. The average molecular weight is 384 g/mol. The summed E-state index contributed by atoms with van der Waals surface area (Å²) in [6.45, 7) is 3.76. The van der Waals surface area contributed by atoms with Crippen LogP contribution in [0.5, 0.6) is 5.75 Å². The molecule has 0 fully saturated rings. The van der Waals surface area contributed by atoms with E-state index in [0.29, 0.717) is 5.75 Å². The van der Waals surface area contributed by atoms with Crippen LogP contribution < -0.4 is 9.46 Å². The van der Waals surface area contributed by atoms with Gasteiger partial charge in [0.2, 0.25) is 10.0 Å². The quantitative estimate of drug-likeness (QED) is 0.853. The second kappa shape index (κ2) is 6.81. The number of nitrogens with one attached hydrogen (secondary N) is 1. The first kappa shape index (κ1) is 17.0. The van der Waals surface area contributed by atoms with Crippen molar-refractivity contribution in [1.82, 2.24) is 4.72 Å². The normalized spacial score (nSPS) is 12.9. The van der Waals surface area contributed by atoms with Crippen molar-refractivity contribution in [2.45, 2.75) is 24.8 Å². The Kier molecular flexibility index (Phi) is 5.26. The first-order chi connectivity index (χ1) is 10.3. The smallest absolute Gasteiger partial charge is 0.241 e. The van der Waals surface area contributed by atoms with E-state index in [9.17, 15) is 8.42 Å². The molecule has 0 aromatic heterocycles. The Bertz CT molecular complexity index is 757. The third-order valence-corrected chi connectivity index (χ3v) is 5.39. The van der Waals surface area contributed by atoms with Gasteiger partial charge in [0.05, 0.1) is 12.0 Å². The van der Waals surface area contributed by atoms with Crippen LogP contribution in [0.2, 0.25) is 0 Å². The van der Waals surface area contributed by atoms with Crippen LogP contribution >= 0.6 is 15.9 Å². The number of ether oxygens (including phenoxy) is 1. The van der Waals surface area contributed by atoms with Crippen molar-refractivity contribution in [2.24, 2.45) is 0 Å². The minimum absolute atomic E-state index is 0.231. The van der Waals surface area contributed by atoms with E-state index in [1.807, 2.05) is 25.1 Å². The first-order valence-corrected chi connectivity index (χ1v) is 9.03. The molecular formula is C16H18BrNO3S. The van der Waals surface area contributed by atoms with Crippen molar-refractivity contribution < 1.29 is 13.2 Å². The lowest BCUT2D eigenvalue weighted by Gasteiger charge is -2.18. The molecule has 0 aliphatic carbocycles. The Morgan fingerprint density at radius 1 is 1.14 bits per heavy atom. The fourth-order valence-electron chi connectivity index (χ4n) is 2.17. The van der Waals surface area contributed by atoms with Crippen LogP contribution in [0.3, 0.4) is 0 Å². The summed E-state index contributed by atoms with van der Waals surface area (Å²) in [4.78, 5) is 0.231. The number of hydrogen-bond donors (Lipinski definition) is 1. The van der Waals surface area contributed by atoms with Crippen LogP contribution in [0, 0.1) is 6.92 Å². The van der Waals surface area contributed by atoms with Crippen molar-refractivity contribution in [2.75, 3.05) is 7.11 Å². The zero-order chi connectivity index (χ0) is 16.3. The van der Waals surface area contributed by atoms with Crippen LogP contribution in [0.25, 0.3) is 0 Å². The van der Waals surface area contributed by atoms with Crippen molar-refractivity contribution in [3.8, 4) is 5.75 Å². The molecule has 4 nitrogen and oxygen atoms in total. The highest BCUT2D eigenvalue weighted by Crippen LogP contribution is 2.27. The molecule has 0 saturated heterocycles. The lowest BCUT2D eigenvalue weighted by atomic mass is 10.1. The van der Waals surface area contributed by atoms with E-state index in [2.05, 4.69) is 20.7 Å². The zero-order valence-electron chi connectivity index (χ0n) is 12.6. The summed E-state index contributed by atoms with van der Waals surface area (Å²) in [6.07, 6.45) is 0. The predicted molar refractivity (Wildman–Crippen MR) is 90.6 cm³/mol. The second-order valence-corrected chi connectivity index (χ2v) is 7.67. The summed E-state index contributed by atoms with van der Waals surface area (Å²) in [7, 11) is -2.02. The molecule has 2 aromatic carbocycles. The maximum Gasteiger partial charge on any atom is 0.241 e. The number of benzene rings is 2. The van der Waals surface area contributed by atoms with E-state index in [0.717, 1.165) is 15.6 Å². The summed E-state index contributed by atoms with van der Waals surface area (Å²) in [6, 6.07) is 11.8. The third-order valence-electron chi connectivity index (χ3n) is 3.31. The van der Waals surface area contributed by atoms with Gasteiger partial charge in [-0.1, -0.05) is 33.6 Å². The van der Waals surface area contributed by atoms with E-state index in [1.54, 1.807) is 38.3 Å². The molecule has 1 atom stereocenters. The van der Waals surface area contributed by atoms with Gasteiger partial charge in [0.1, 0.15) is 5.75 Å². The number of aryl methyl sites for hydroxylation is 1. The Balaban J connectivity index is 2.29. The molecule has 0 radical (unpaired) electrons. The van der Waals surface area contributed by atoms with Crippen molar-refractivity contribution >= 4 is 26.0 Å². The largest absolute Gasteiger partial charge is 0.496 e. The van der Waals surface area contributed by atoms with Crippen LogP contribution in [0.4, 0.5) is 0 Å². The van der Waals surface area contributed by atoms with Crippen molar-refractivity contribution in [1.29, 1.82) is 0 Å². The molecule has 2 aromatic rings. The van der Waals surface area contributed by atoms with E-state index < -0.39 is 16.1 Å². The van der Waals surface area contributed by atoms with Crippen LogP contribution in [-0.4, -0.2) is 15.5 Å². The molecule has 2 rings (SSSR count). The van der Waals surface area contributed by atoms with Gasteiger partial charge in [-0.25, -0.2) is 13.1 Å². The number of rotatable bonds is 5. The molecule has 0 aliphatic rings. The Morgan fingerprint density at radius 3 is 2.36 bits per heavy atom. The van der Waals surface area contributed by atoms with Crippen molar-refractivity contribution in [3.05, 3.63) is 58.1 Å². The van der Waals surface area contributed by atoms with Gasteiger partial charge in [0, 0.05) is 16.1 Å². The van der Waals surface area contributed by atoms with E-state index in [-0.39, 0.29) is 4.90 Å². The van der Waals surface area contributed by atoms with E-state index in [4.69, 9.17) is 4.74 Å². The molecule has 0 bridgehead atoms. The predicted octanol–water partition coefficient (Wildman–Crippen LogP) is 3.81. The first-order valence-electron chi connectivity index (χ1n) is 6.76. The second-order valence-electron chi connectivity index (χ2n) is 5.04. The van der Waals surface area contributed by atoms with Gasteiger partial charge in [-0.3, -0.25) is 0 Å². The number of halogens is 1. The van der Waals surface area contributed by atoms with Crippen molar-refractivity contribution in [3.63, 3.8) is 0 Å². The van der Waals surface area contributed by atoms with Gasteiger partial charge in [-0.15, -0.1) is 0 Å². The molecule has 1 unspecified atom stereocenters. The highest BCUT2D eigenvalue weighted by atomic mass is 79.9. The van der Waals surface area contributed by atoms with Gasteiger partial charge in [-0.2, -0.15) is 0 Å². The summed E-state index contributed by atoms with van der Waals surface area (Å²) in [5.74, 6) is 0.664. The average Bonchev–Trinajstić information content (AvgIpc) is 2.47. The highest BCUT2D eigenvalue weighted by molar-refractivity contribution is 9.10. The standard InChI is InChI=1S/C16H18BrNO3S/c1-11-4-9-16(21-3)15(10-11)12(2)18-22(19,20)14-7-5-13(17)6-8-14/h4-10,12,18H,1-3H3.